The molecule has 2 atom stereocenters. The molecule has 1 fully saturated rings. The van der Waals surface area contributed by atoms with E-state index in [-0.39, 0.29) is 12.6 Å². The molecule has 0 saturated carbocycles. The third-order valence-electron chi connectivity index (χ3n) is 3.49. The number of urea groups is 1. The highest BCUT2D eigenvalue weighted by Gasteiger charge is 2.26. The van der Waals surface area contributed by atoms with Crippen LogP contribution < -0.4 is 5.32 Å². The van der Waals surface area contributed by atoms with Gasteiger partial charge in [0.25, 0.3) is 0 Å². The molecule has 1 aliphatic heterocycles. The van der Waals surface area contributed by atoms with Crippen LogP contribution in [0.1, 0.15) is 46.0 Å². The van der Waals surface area contributed by atoms with Gasteiger partial charge in [0.1, 0.15) is 0 Å². The van der Waals surface area contributed by atoms with Gasteiger partial charge < -0.3 is 15.3 Å². The van der Waals surface area contributed by atoms with E-state index >= 15 is 0 Å². The van der Waals surface area contributed by atoms with E-state index in [1.165, 1.54) is 6.42 Å². The third kappa shape index (κ3) is 4.20. The lowest BCUT2D eigenvalue weighted by Crippen LogP contribution is -2.49. The topological polar surface area (TPSA) is 69.6 Å². The number of likely N-dealkylation sites (tertiary alicyclic amines) is 1. The van der Waals surface area contributed by atoms with Crippen molar-refractivity contribution < 1.29 is 14.7 Å². The fourth-order valence-corrected chi connectivity index (χ4v) is 2.33. The fraction of sp³-hybridized carbons (Fsp3) is 0.846. The Labute approximate surface area is 109 Å². The number of nitrogens with one attached hydrogen (secondary N) is 1. The van der Waals surface area contributed by atoms with Gasteiger partial charge in [0, 0.05) is 19.1 Å². The van der Waals surface area contributed by atoms with Gasteiger partial charge in [-0.05, 0) is 25.7 Å². The number of nitrogens with zero attached hydrogens (tertiary/aromatic N) is 1. The van der Waals surface area contributed by atoms with Gasteiger partial charge in [-0.1, -0.05) is 20.3 Å². The molecule has 1 aliphatic rings. The summed E-state index contributed by atoms with van der Waals surface area (Å²) in [6.45, 7) is 4.71. The van der Waals surface area contributed by atoms with E-state index in [2.05, 4.69) is 12.2 Å². The van der Waals surface area contributed by atoms with Crippen molar-refractivity contribution in [1.82, 2.24) is 10.2 Å². The molecule has 0 radical (unpaired) electrons. The Balaban J connectivity index is 2.45. The van der Waals surface area contributed by atoms with Gasteiger partial charge in [0.2, 0.25) is 0 Å². The third-order valence-corrected chi connectivity index (χ3v) is 3.49. The highest BCUT2D eigenvalue weighted by atomic mass is 16.4. The lowest BCUT2D eigenvalue weighted by molar-refractivity contribution is -0.140. The molecule has 1 saturated heterocycles. The highest BCUT2D eigenvalue weighted by Crippen LogP contribution is 2.20. The second-order valence-corrected chi connectivity index (χ2v) is 5.06. The summed E-state index contributed by atoms with van der Waals surface area (Å²) < 4.78 is 0. The van der Waals surface area contributed by atoms with Crippen LogP contribution in [0.5, 0.6) is 0 Å². The van der Waals surface area contributed by atoms with Crippen molar-refractivity contribution in [1.29, 1.82) is 0 Å². The number of piperidine rings is 1. The number of carboxylic acids is 1. The number of carboxylic acid groups (broad SMARTS) is 1. The van der Waals surface area contributed by atoms with Crippen LogP contribution in [0.15, 0.2) is 0 Å². The summed E-state index contributed by atoms with van der Waals surface area (Å²) >= 11 is 0. The molecule has 0 bridgehead atoms. The van der Waals surface area contributed by atoms with Crippen LogP contribution in [0.2, 0.25) is 0 Å². The standard InChI is InChI=1S/C13H24N2O3/c1-3-6-11-7-4-5-8-15(11)13(18)14-9-10(2)12(16)17/h10-11H,3-9H2,1-2H3,(H,14,18)(H,16,17). The van der Waals surface area contributed by atoms with Crippen molar-refractivity contribution in [2.75, 3.05) is 13.1 Å². The van der Waals surface area contributed by atoms with Crippen LogP contribution in [0.25, 0.3) is 0 Å². The number of carbonyl (C=O) groups excluding carboxylic acids is 1. The zero-order chi connectivity index (χ0) is 13.5. The maximum absolute atomic E-state index is 12.0. The zero-order valence-corrected chi connectivity index (χ0v) is 11.3. The summed E-state index contributed by atoms with van der Waals surface area (Å²) in [6, 6.07) is 0.213. The predicted octanol–water partition coefficient (Wildman–Crippen LogP) is 2.07. The largest absolute Gasteiger partial charge is 0.481 e. The van der Waals surface area contributed by atoms with E-state index < -0.39 is 11.9 Å². The number of hydrogen-bond donors (Lipinski definition) is 2. The first-order valence-corrected chi connectivity index (χ1v) is 6.83. The SMILES string of the molecule is CCCC1CCCCN1C(=O)NCC(C)C(=O)O. The maximum Gasteiger partial charge on any atom is 0.317 e. The van der Waals surface area contributed by atoms with E-state index in [0.717, 1.165) is 32.2 Å². The van der Waals surface area contributed by atoms with E-state index in [1.807, 2.05) is 4.90 Å². The minimum absolute atomic E-state index is 0.110. The summed E-state index contributed by atoms with van der Waals surface area (Å²) in [5.41, 5.74) is 0. The van der Waals surface area contributed by atoms with Gasteiger partial charge in [-0.2, -0.15) is 0 Å². The molecule has 1 heterocycles. The smallest absolute Gasteiger partial charge is 0.317 e. The summed E-state index contributed by atoms with van der Waals surface area (Å²) in [5.74, 6) is -1.41. The molecule has 18 heavy (non-hydrogen) atoms. The number of amides is 2. The first-order chi connectivity index (χ1) is 8.56. The van der Waals surface area contributed by atoms with Crippen molar-refractivity contribution >= 4 is 12.0 Å². The van der Waals surface area contributed by atoms with Crippen LogP contribution >= 0.6 is 0 Å². The fourth-order valence-electron chi connectivity index (χ4n) is 2.33. The van der Waals surface area contributed by atoms with E-state index in [1.54, 1.807) is 6.92 Å². The molecule has 0 aliphatic carbocycles. The second kappa shape index (κ2) is 7.24. The second-order valence-electron chi connectivity index (χ2n) is 5.06. The van der Waals surface area contributed by atoms with Gasteiger partial charge in [0.15, 0.2) is 0 Å². The molecule has 0 aromatic heterocycles. The van der Waals surface area contributed by atoms with Gasteiger partial charge in [-0.15, -0.1) is 0 Å². The number of hydrogen-bond acceptors (Lipinski definition) is 2. The van der Waals surface area contributed by atoms with Gasteiger partial charge in [-0.25, -0.2) is 4.79 Å². The Morgan fingerprint density at radius 1 is 1.44 bits per heavy atom. The molecule has 2 N–H and O–H groups in total. The van der Waals surface area contributed by atoms with E-state index in [9.17, 15) is 9.59 Å². The summed E-state index contributed by atoms with van der Waals surface area (Å²) in [6.07, 6.45) is 5.39. The Morgan fingerprint density at radius 2 is 2.17 bits per heavy atom. The zero-order valence-electron chi connectivity index (χ0n) is 11.3. The van der Waals surface area contributed by atoms with Gasteiger partial charge in [0.05, 0.1) is 5.92 Å². The molecule has 5 nitrogen and oxygen atoms in total. The van der Waals surface area contributed by atoms with Crippen LogP contribution in [0.3, 0.4) is 0 Å². The Morgan fingerprint density at radius 3 is 2.78 bits per heavy atom. The minimum atomic E-state index is -0.876. The lowest BCUT2D eigenvalue weighted by Gasteiger charge is -2.35. The van der Waals surface area contributed by atoms with Crippen molar-refractivity contribution in [2.24, 2.45) is 5.92 Å². The number of aliphatic carboxylic acids is 1. The highest BCUT2D eigenvalue weighted by molar-refractivity contribution is 5.76. The summed E-state index contributed by atoms with van der Waals surface area (Å²) in [5, 5.41) is 11.5. The Kier molecular flexibility index (Phi) is 5.95. The average Bonchev–Trinajstić information content (AvgIpc) is 2.36. The molecule has 1 rings (SSSR count). The van der Waals surface area contributed by atoms with Gasteiger partial charge in [-0.3, -0.25) is 4.79 Å². The molecular formula is C13H24N2O3. The van der Waals surface area contributed by atoms with E-state index in [4.69, 9.17) is 5.11 Å². The normalized spacial score (nSPS) is 21.4. The molecule has 104 valence electrons. The van der Waals surface area contributed by atoms with Crippen molar-refractivity contribution in [3.63, 3.8) is 0 Å². The molecule has 2 amide bonds. The molecular weight excluding hydrogens is 232 g/mol. The summed E-state index contributed by atoms with van der Waals surface area (Å²) in [7, 11) is 0. The lowest BCUT2D eigenvalue weighted by atomic mass is 9.99. The van der Waals surface area contributed by atoms with Crippen LogP contribution in [-0.4, -0.2) is 41.1 Å². The number of rotatable bonds is 5. The van der Waals surface area contributed by atoms with Crippen LogP contribution in [0, 0.1) is 5.92 Å². The predicted molar refractivity (Wildman–Crippen MR) is 69.5 cm³/mol. The molecule has 2 unspecified atom stereocenters. The summed E-state index contributed by atoms with van der Waals surface area (Å²) in [4.78, 5) is 24.6. The maximum atomic E-state index is 12.0. The van der Waals surface area contributed by atoms with Crippen molar-refractivity contribution in [2.45, 2.75) is 52.0 Å². The number of carbonyl (C=O) groups is 2. The monoisotopic (exact) mass is 256 g/mol. The minimum Gasteiger partial charge on any atom is -0.481 e. The van der Waals surface area contributed by atoms with Crippen LogP contribution in [0.4, 0.5) is 4.79 Å². The van der Waals surface area contributed by atoms with E-state index in [0.29, 0.717) is 6.04 Å². The Hall–Kier alpha value is -1.26. The molecule has 0 aromatic carbocycles. The van der Waals surface area contributed by atoms with Crippen molar-refractivity contribution in [3.05, 3.63) is 0 Å². The molecule has 5 heteroatoms. The Bertz CT molecular complexity index is 292. The average molecular weight is 256 g/mol. The van der Waals surface area contributed by atoms with Crippen molar-refractivity contribution in [3.8, 4) is 0 Å². The first-order valence-electron chi connectivity index (χ1n) is 6.83. The molecule has 0 spiro atoms. The first kappa shape index (κ1) is 14.8. The molecule has 0 aromatic rings. The van der Waals surface area contributed by atoms with Gasteiger partial charge >= 0.3 is 12.0 Å². The van der Waals surface area contributed by atoms with Crippen LogP contribution in [-0.2, 0) is 4.79 Å². The quantitative estimate of drug-likeness (QED) is 0.791.